The van der Waals surface area contributed by atoms with E-state index in [0.29, 0.717) is 13.0 Å². The van der Waals surface area contributed by atoms with Crippen LogP contribution in [-0.4, -0.2) is 42.9 Å². The van der Waals surface area contributed by atoms with E-state index in [4.69, 9.17) is 19.7 Å². The molecule has 0 saturated carbocycles. The molecule has 1 rings (SSSR count). The lowest BCUT2D eigenvalue weighted by atomic mass is 10.1. The molecule has 0 radical (unpaired) electrons. The summed E-state index contributed by atoms with van der Waals surface area (Å²) in [5.41, 5.74) is 0. The average Bonchev–Trinajstić information content (AvgIpc) is 2.26. The van der Waals surface area contributed by atoms with Crippen molar-refractivity contribution in [1.82, 2.24) is 0 Å². The maximum absolute atomic E-state index is 8.82. The minimum absolute atomic E-state index is 0.0192. The zero-order chi connectivity index (χ0) is 10.2. The van der Waals surface area contributed by atoms with E-state index >= 15 is 0 Å². The monoisotopic (exact) mass is 204 g/mol. The van der Waals surface area contributed by atoms with Crippen LogP contribution < -0.4 is 0 Å². The Morgan fingerprint density at radius 1 is 1.29 bits per heavy atom. The largest absolute Gasteiger partial charge is 0.396 e. The predicted molar refractivity (Wildman–Crippen MR) is 51.8 cm³/mol. The Labute approximate surface area is 84.8 Å². The van der Waals surface area contributed by atoms with Crippen molar-refractivity contribution in [3.63, 3.8) is 0 Å². The Morgan fingerprint density at radius 3 is 2.64 bits per heavy atom. The summed E-state index contributed by atoms with van der Waals surface area (Å²) < 4.78 is 10.9. The van der Waals surface area contributed by atoms with E-state index in [-0.39, 0.29) is 25.4 Å². The smallest absolute Gasteiger partial charge is 0.157 e. The fourth-order valence-electron chi connectivity index (χ4n) is 1.45. The normalized spacial score (nSPS) is 22.9. The van der Waals surface area contributed by atoms with Crippen LogP contribution in [0.5, 0.6) is 0 Å². The first-order chi connectivity index (χ1) is 6.86. The maximum Gasteiger partial charge on any atom is 0.157 e. The number of rotatable bonds is 6. The molecule has 1 atom stereocenters. The quantitative estimate of drug-likeness (QED) is 0.662. The molecule has 0 amide bonds. The van der Waals surface area contributed by atoms with Crippen molar-refractivity contribution in [2.24, 2.45) is 5.92 Å². The first-order valence-electron chi connectivity index (χ1n) is 5.31. The molecule has 0 aromatic heterocycles. The highest BCUT2D eigenvalue weighted by molar-refractivity contribution is 4.57. The Hall–Kier alpha value is -0.160. The van der Waals surface area contributed by atoms with E-state index in [9.17, 15) is 0 Å². The third-order valence-corrected chi connectivity index (χ3v) is 2.48. The molecule has 14 heavy (non-hydrogen) atoms. The first-order valence-corrected chi connectivity index (χ1v) is 5.31. The SMILES string of the molecule is OCC(CO)CCOC1CCCCO1. The summed E-state index contributed by atoms with van der Waals surface area (Å²) in [6, 6.07) is 0. The molecule has 2 N–H and O–H groups in total. The van der Waals surface area contributed by atoms with Crippen LogP contribution in [-0.2, 0) is 9.47 Å². The van der Waals surface area contributed by atoms with Crippen molar-refractivity contribution in [1.29, 1.82) is 0 Å². The van der Waals surface area contributed by atoms with Crippen LogP contribution in [0.25, 0.3) is 0 Å². The van der Waals surface area contributed by atoms with Gasteiger partial charge in [0.2, 0.25) is 0 Å². The molecular weight excluding hydrogens is 184 g/mol. The third-order valence-electron chi connectivity index (χ3n) is 2.48. The second-order valence-corrected chi connectivity index (χ2v) is 3.69. The second-order valence-electron chi connectivity index (χ2n) is 3.69. The highest BCUT2D eigenvalue weighted by Gasteiger charge is 2.14. The Bertz CT molecular complexity index is 130. The number of hydrogen-bond acceptors (Lipinski definition) is 4. The van der Waals surface area contributed by atoms with Gasteiger partial charge in [0.05, 0.1) is 6.61 Å². The molecule has 84 valence electrons. The first kappa shape index (κ1) is 11.9. The van der Waals surface area contributed by atoms with Gasteiger partial charge in [-0.3, -0.25) is 0 Å². The molecule has 0 bridgehead atoms. The van der Waals surface area contributed by atoms with Crippen molar-refractivity contribution < 1.29 is 19.7 Å². The molecule has 0 aromatic rings. The van der Waals surface area contributed by atoms with Crippen LogP contribution in [0.4, 0.5) is 0 Å². The fraction of sp³-hybridized carbons (Fsp3) is 1.00. The van der Waals surface area contributed by atoms with Crippen LogP contribution in [0.3, 0.4) is 0 Å². The summed E-state index contributed by atoms with van der Waals surface area (Å²) >= 11 is 0. The Morgan fingerprint density at radius 2 is 2.07 bits per heavy atom. The van der Waals surface area contributed by atoms with Crippen molar-refractivity contribution in [2.75, 3.05) is 26.4 Å². The van der Waals surface area contributed by atoms with Crippen molar-refractivity contribution in [2.45, 2.75) is 32.0 Å². The standard InChI is InChI=1S/C10H20O4/c11-7-9(8-12)4-6-14-10-3-1-2-5-13-10/h9-12H,1-8H2. The lowest BCUT2D eigenvalue weighted by Crippen LogP contribution is -2.24. The van der Waals surface area contributed by atoms with E-state index < -0.39 is 0 Å². The minimum atomic E-state index is -0.0678. The van der Waals surface area contributed by atoms with Crippen LogP contribution >= 0.6 is 0 Å². The Kier molecular flexibility index (Phi) is 6.10. The zero-order valence-corrected chi connectivity index (χ0v) is 8.52. The van der Waals surface area contributed by atoms with Crippen LogP contribution in [0.2, 0.25) is 0 Å². The van der Waals surface area contributed by atoms with Gasteiger partial charge in [0, 0.05) is 25.7 Å². The third kappa shape index (κ3) is 4.37. The lowest BCUT2D eigenvalue weighted by molar-refractivity contribution is -0.164. The number of hydrogen-bond donors (Lipinski definition) is 2. The predicted octanol–water partition coefficient (Wildman–Crippen LogP) is 0.520. The molecule has 4 nitrogen and oxygen atoms in total. The van der Waals surface area contributed by atoms with Gasteiger partial charge in [0.25, 0.3) is 0 Å². The molecule has 1 saturated heterocycles. The summed E-state index contributed by atoms with van der Waals surface area (Å²) in [7, 11) is 0. The van der Waals surface area contributed by atoms with Gasteiger partial charge >= 0.3 is 0 Å². The molecule has 1 unspecified atom stereocenters. The van der Waals surface area contributed by atoms with Gasteiger partial charge in [-0.25, -0.2) is 0 Å². The summed E-state index contributed by atoms with van der Waals surface area (Å²) in [5.74, 6) is -0.0569. The van der Waals surface area contributed by atoms with Gasteiger partial charge in [0.15, 0.2) is 6.29 Å². The van der Waals surface area contributed by atoms with Crippen molar-refractivity contribution in [3.8, 4) is 0 Å². The van der Waals surface area contributed by atoms with Gasteiger partial charge in [-0.15, -0.1) is 0 Å². The molecule has 0 spiro atoms. The molecular formula is C10H20O4. The van der Waals surface area contributed by atoms with Gasteiger partial charge in [0.1, 0.15) is 0 Å². The summed E-state index contributed by atoms with van der Waals surface area (Å²) in [6.45, 7) is 1.38. The molecule has 1 aliphatic rings. The van der Waals surface area contributed by atoms with E-state index in [0.717, 1.165) is 25.9 Å². The van der Waals surface area contributed by atoms with Crippen LogP contribution in [0, 0.1) is 5.92 Å². The van der Waals surface area contributed by atoms with Crippen molar-refractivity contribution in [3.05, 3.63) is 0 Å². The zero-order valence-electron chi connectivity index (χ0n) is 8.52. The highest BCUT2D eigenvalue weighted by Crippen LogP contribution is 2.14. The van der Waals surface area contributed by atoms with E-state index in [1.807, 2.05) is 0 Å². The Balaban J connectivity index is 2.01. The lowest BCUT2D eigenvalue weighted by Gasteiger charge is -2.23. The molecule has 0 aromatic carbocycles. The number of aliphatic hydroxyl groups excluding tert-OH is 2. The molecule has 4 heteroatoms. The fourth-order valence-corrected chi connectivity index (χ4v) is 1.45. The topological polar surface area (TPSA) is 58.9 Å². The van der Waals surface area contributed by atoms with Crippen LogP contribution in [0.15, 0.2) is 0 Å². The maximum atomic E-state index is 8.82. The van der Waals surface area contributed by atoms with E-state index in [1.165, 1.54) is 0 Å². The second kappa shape index (κ2) is 7.17. The van der Waals surface area contributed by atoms with E-state index in [2.05, 4.69) is 0 Å². The van der Waals surface area contributed by atoms with Gasteiger partial charge in [-0.05, 0) is 25.7 Å². The van der Waals surface area contributed by atoms with Gasteiger partial charge in [-0.1, -0.05) is 0 Å². The highest BCUT2D eigenvalue weighted by atomic mass is 16.7. The molecule has 0 aliphatic carbocycles. The molecule has 1 heterocycles. The number of ether oxygens (including phenoxy) is 2. The summed E-state index contributed by atoms with van der Waals surface area (Å²) in [6.07, 6.45) is 3.86. The van der Waals surface area contributed by atoms with E-state index in [1.54, 1.807) is 0 Å². The summed E-state index contributed by atoms with van der Waals surface area (Å²) in [4.78, 5) is 0. The van der Waals surface area contributed by atoms with Crippen molar-refractivity contribution >= 4 is 0 Å². The molecule has 1 aliphatic heterocycles. The summed E-state index contributed by atoms with van der Waals surface area (Å²) in [5, 5.41) is 17.6. The van der Waals surface area contributed by atoms with Crippen LogP contribution in [0.1, 0.15) is 25.7 Å². The van der Waals surface area contributed by atoms with Gasteiger partial charge in [-0.2, -0.15) is 0 Å². The van der Waals surface area contributed by atoms with Gasteiger partial charge < -0.3 is 19.7 Å². The molecule has 1 fully saturated rings. The minimum Gasteiger partial charge on any atom is -0.396 e. The average molecular weight is 204 g/mol. The number of aliphatic hydroxyl groups is 2.